The van der Waals surface area contributed by atoms with Crippen LogP contribution in [0, 0.1) is 13.8 Å². The van der Waals surface area contributed by atoms with Gasteiger partial charge < -0.3 is 9.64 Å². The SMILES string of the molecule is COc1cc(C)c(CN(C)C(=O)CC(C)=O)cc1C. The molecular weight excluding hydrogens is 242 g/mol. The Kier molecular flexibility index (Phi) is 5.10. The van der Waals surface area contributed by atoms with Crippen LogP contribution in [-0.4, -0.2) is 30.7 Å². The second-order valence-electron chi connectivity index (χ2n) is 4.88. The zero-order valence-electron chi connectivity index (χ0n) is 12.2. The Hall–Kier alpha value is -1.84. The van der Waals surface area contributed by atoms with E-state index < -0.39 is 0 Å². The number of ketones is 1. The van der Waals surface area contributed by atoms with Gasteiger partial charge in [-0.05, 0) is 43.5 Å². The van der Waals surface area contributed by atoms with E-state index in [1.807, 2.05) is 26.0 Å². The molecule has 0 atom stereocenters. The molecule has 0 aliphatic heterocycles. The highest BCUT2D eigenvalue weighted by molar-refractivity contribution is 5.96. The molecule has 0 aliphatic rings. The van der Waals surface area contributed by atoms with Crippen LogP contribution < -0.4 is 4.74 Å². The Morgan fingerprint density at radius 3 is 2.37 bits per heavy atom. The summed E-state index contributed by atoms with van der Waals surface area (Å²) in [5.41, 5.74) is 3.18. The summed E-state index contributed by atoms with van der Waals surface area (Å²) in [4.78, 5) is 24.3. The lowest BCUT2D eigenvalue weighted by molar-refractivity contribution is -0.134. The summed E-state index contributed by atoms with van der Waals surface area (Å²) >= 11 is 0. The van der Waals surface area contributed by atoms with Gasteiger partial charge in [-0.3, -0.25) is 9.59 Å². The molecule has 104 valence electrons. The Labute approximate surface area is 114 Å². The fourth-order valence-electron chi connectivity index (χ4n) is 1.93. The van der Waals surface area contributed by atoms with Crippen molar-refractivity contribution in [1.82, 2.24) is 4.90 Å². The summed E-state index contributed by atoms with van der Waals surface area (Å²) in [6.07, 6.45) is -0.0370. The third-order valence-electron chi connectivity index (χ3n) is 3.09. The zero-order valence-corrected chi connectivity index (χ0v) is 12.2. The van der Waals surface area contributed by atoms with Crippen LogP contribution in [0.4, 0.5) is 0 Å². The number of rotatable bonds is 5. The summed E-state index contributed by atoms with van der Waals surface area (Å²) in [7, 11) is 3.36. The van der Waals surface area contributed by atoms with Crippen LogP contribution in [0.25, 0.3) is 0 Å². The fourth-order valence-corrected chi connectivity index (χ4v) is 1.93. The summed E-state index contributed by atoms with van der Waals surface area (Å²) in [5.74, 6) is 0.582. The molecule has 0 unspecified atom stereocenters. The smallest absolute Gasteiger partial charge is 0.230 e. The van der Waals surface area contributed by atoms with Crippen molar-refractivity contribution in [2.45, 2.75) is 33.7 Å². The number of hydrogen-bond acceptors (Lipinski definition) is 3. The summed E-state index contributed by atoms with van der Waals surface area (Å²) in [6, 6.07) is 3.99. The standard InChI is InChI=1S/C15H21NO3/c1-10-7-14(19-5)11(2)6-13(10)9-16(4)15(18)8-12(3)17/h6-7H,8-9H2,1-5H3. The number of carbonyl (C=O) groups is 2. The average Bonchev–Trinajstić information content (AvgIpc) is 2.32. The first-order valence-corrected chi connectivity index (χ1v) is 6.22. The number of amides is 1. The summed E-state index contributed by atoms with van der Waals surface area (Å²) in [5, 5.41) is 0. The van der Waals surface area contributed by atoms with Gasteiger partial charge in [0.05, 0.1) is 13.5 Å². The minimum absolute atomic E-state index is 0.0370. The van der Waals surface area contributed by atoms with Gasteiger partial charge in [0.1, 0.15) is 11.5 Å². The Balaban J connectivity index is 2.85. The molecule has 1 aromatic rings. The van der Waals surface area contributed by atoms with E-state index in [2.05, 4.69) is 0 Å². The number of carbonyl (C=O) groups excluding carboxylic acids is 2. The number of benzene rings is 1. The van der Waals surface area contributed by atoms with Crippen LogP contribution in [-0.2, 0) is 16.1 Å². The molecule has 0 saturated carbocycles. The predicted octanol–water partition coefficient (Wildman–Crippen LogP) is 2.25. The van der Waals surface area contributed by atoms with E-state index in [0.717, 1.165) is 22.4 Å². The molecule has 0 radical (unpaired) electrons. The Morgan fingerprint density at radius 1 is 1.21 bits per heavy atom. The Bertz CT molecular complexity index is 494. The van der Waals surface area contributed by atoms with Gasteiger partial charge in [-0.25, -0.2) is 0 Å². The summed E-state index contributed by atoms with van der Waals surface area (Å²) in [6.45, 7) is 5.89. The van der Waals surface area contributed by atoms with Crippen molar-refractivity contribution in [2.75, 3.05) is 14.2 Å². The van der Waals surface area contributed by atoms with E-state index in [1.165, 1.54) is 6.92 Å². The van der Waals surface area contributed by atoms with Gasteiger partial charge in [-0.15, -0.1) is 0 Å². The first kappa shape index (κ1) is 15.2. The molecule has 1 aromatic carbocycles. The van der Waals surface area contributed by atoms with E-state index in [-0.39, 0.29) is 18.1 Å². The van der Waals surface area contributed by atoms with Crippen molar-refractivity contribution in [3.8, 4) is 5.75 Å². The molecule has 0 saturated heterocycles. The van der Waals surface area contributed by atoms with Crippen LogP contribution in [0.3, 0.4) is 0 Å². The van der Waals surface area contributed by atoms with Crippen molar-refractivity contribution in [2.24, 2.45) is 0 Å². The second-order valence-corrected chi connectivity index (χ2v) is 4.88. The first-order chi connectivity index (χ1) is 8.85. The lowest BCUT2D eigenvalue weighted by Crippen LogP contribution is -2.27. The maximum Gasteiger partial charge on any atom is 0.230 e. The topological polar surface area (TPSA) is 46.6 Å². The van der Waals surface area contributed by atoms with Crippen LogP contribution in [0.2, 0.25) is 0 Å². The molecule has 4 heteroatoms. The highest BCUT2D eigenvalue weighted by atomic mass is 16.5. The molecule has 4 nitrogen and oxygen atoms in total. The normalized spacial score (nSPS) is 10.2. The molecule has 0 spiro atoms. The number of aryl methyl sites for hydroxylation is 2. The molecule has 0 heterocycles. The van der Waals surface area contributed by atoms with E-state index in [0.29, 0.717) is 6.54 Å². The van der Waals surface area contributed by atoms with Gasteiger partial charge >= 0.3 is 0 Å². The van der Waals surface area contributed by atoms with Crippen molar-refractivity contribution >= 4 is 11.7 Å². The third-order valence-corrected chi connectivity index (χ3v) is 3.09. The second kappa shape index (κ2) is 6.36. The molecule has 1 amide bonds. The zero-order chi connectivity index (χ0) is 14.6. The molecule has 1 rings (SSSR count). The van der Waals surface area contributed by atoms with Crippen molar-refractivity contribution in [3.05, 3.63) is 28.8 Å². The quantitative estimate of drug-likeness (QED) is 0.765. The number of nitrogens with zero attached hydrogens (tertiary/aromatic N) is 1. The van der Waals surface area contributed by atoms with E-state index in [9.17, 15) is 9.59 Å². The van der Waals surface area contributed by atoms with Crippen LogP contribution in [0.15, 0.2) is 12.1 Å². The van der Waals surface area contributed by atoms with Gasteiger partial charge in [0.25, 0.3) is 0 Å². The van der Waals surface area contributed by atoms with Gasteiger partial charge in [0, 0.05) is 13.6 Å². The van der Waals surface area contributed by atoms with Crippen LogP contribution >= 0.6 is 0 Å². The maximum atomic E-state index is 11.8. The van der Waals surface area contributed by atoms with E-state index in [1.54, 1.807) is 19.1 Å². The van der Waals surface area contributed by atoms with Crippen LogP contribution in [0.5, 0.6) is 5.75 Å². The first-order valence-electron chi connectivity index (χ1n) is 6.22. The molecule has 19 heavy (non-hydrogen) atoms. The molecular formula is C15H21NO3. The molecule has 0 aromatic heterocycles. The van der Waals surface area contributed by atoms with Crippen molar-refractivity contribution in [1.29, 1.82) is 0 Å². The van der Waals surface area contributed by atoms with Crippen molar-refractivity contribution in [3.63, 3.8) is 0 Å². The highest BCUT2D eigenvalue weighted by Gasteiger charge is 2.13. The molecule has 0 bridgehead atoms. The molecule has 0 fully saturated rings. The van der Waals surface area contributed by atoms with E-state index >= 15 is 0 Å². The fraction of sp³-hybridized carbons (Fsp3) is 0.467. The monoisotopic (exact) mass is 263 g/mol. The number of ether oxygens (including phenoxy) is 1. The van der Waals surface area contributed by atoms with E-state index in [4.69, 9.17) is 4.74 Å². The predicted molar refractivity (Wildman–Crippen MR) is 74.2 cm³/mol. The number of methoxy groups -OCH3 is 1. The third kappa shape index (κ3) is 4.09. The highest BCUT2D eigenvalue weighted by Crippen LogP contribution is 2.23. The molecule has 0 aliphatic carbocycles. The van der Waals surface area contributed by atoms with Crippen LogP contribution in [0.1, 0.15) is 30.0 Å². The minimum atomic E-state index is -0.152. The van der Waals surface area contributed by atoms with Gasteiger partial charge in [0.15, 0.2) is 0 Å². The van der Waals surface area contributed by atoms with Gasteiger partial charge in [-0.2, -0.15) is 0 Å². The molecule has 0 N–H and O–H groups in total. The maximum absolute atomic E-state index is 11.8. The van der Waals surface area contributed by atoms with Crippen molar-refractivity contribution < 1.29 is 14.3 Å². The van der Waals surface area contributed by atoms with Gasteiger partial charge in [0.2, 0.25) is 5.91 Å². The largest absolute Gasteiger partial charge is 0.496 e. The number of Topliss-reactive ketones (excluding diaryl/α,β-unsaturated/α-hetero) is 1. The average molecular weight is 263 g/mol. The summed E-state index contributed by atoms with van der Waals surface area (Å²) < 4.78 is 5.26. The van der Waals surface area contributed by atoms with Gasteiger partial charge in [-0.1, -0.05) is 6.07 Å². The number of hydrogen-bond donors (Lipinski definition) is 0. The lowest BCUT2D eigenvalue weighted by Gasteiger charge is -2.19. The Morgan fingerprint density at radius 2 is 1.84 bits per heavy atom. The lowest BCUT2D eigenvalue weighted by atomic mass is 10.0. The minimum Gasteiger partial charge on any atom is -0.496 e.